The molecule has 1 aromatic heterocycles. The Bertz CT molecular complexity index is 692. The van der Waals surface area contributed by atoms with Gasteiger partial charge in [-0.25, -0.2) is 9.78 Å². The van der Waals surface area contributed by atoms with Crippen LogP contribution in [0.1, 0.15) is 59.5 Å². The zero-order valence-electron chi connectivity index (χ0n) is 17.2. The van der Waals surface area contributed by atoms with Crippen molar-refractivity contribution in [2.24, 2.45) is 10.9 Å². The van der Waals surface area contributed by atoms with Crippen LogP contribution in [0, 0.1) is 12.8 Å². The van der Waals surface area contributed by atoms with Gasteiger partial charge >= 0.3 is 5.97 Å². The second kappa shape index (κ2) is 10.7. The van der Waals surface area contributed by atoms with E-state index in [9.17, 15) is 4.79 Å². The monoisotopic (exact) mass is 521 g/mol. The maximum Gasteiger partial charge on any atom is 0.350 e. The minimum absolute atomic E-state index is 0. The van der Waals surface area contributed by atoms with Crippen LogP contribution < -0.4 is 10.6 Å². The molecule has 7 nitrogen and oxygen atoms in total. The van der Waals surface area contributed by atoms with E-state index in [1.165, 1.54) is 43.7 Å². The first-order chi connectivity index (χ1) is 13.0. The van der Waals surface area contributed by atoms with Crippen molar-refractivity contribution >= 4 is 47.2 Å². The van der Waals surface area contributed by atoms with Crippen molar-refractivity contribution in [3.8, 4) is 0 Å². The van der Waals surface area contributed by atoms with E-state index in [1.54, 1.807) is 7.05 Å². The number of rotatable bonds is 7. The molecule has 1 aliphatic heterocycles. The summed E-state index contributed by atoms with van der Waals surface area (Å²) >= 11 is 1.38. The molecule has 2 heterocycles. The number of halogens is 1. The third-order valence-electron chi connectivity index (χ3n) is 5.16. The number of thiazole rings is 1. The van der Waals surface area contributed by atoms with E-state index in [0.717, 1.165) is 29.2 Å². The molecule has 1 saturated carbocycles. The van der Waals surface area contributed by atoms with Crippen LogP contribution in [0.5, 0.6) is 0 Å². The summed E-state index contributed by atoms with van der Waals surface area (Å²) in [7, 11) is 1.78. The molecule has 158 valence electrons. The highest BCUT2D eigenvalue weighted by Crippen LogP contribution is 2.31. The molecule has 2 fully saturated rings. The Hall–Kier alpha value is -0.940. The number of aryl methyl sites for hydroxylation is 1. The molecule has 1 aromatic rings. The van der Waals surface area contributed by atoms with Gasteiger partial charge in [-0.05, 0) is 52.5 Å². The summed E-state index contributed by atoms with van der Waals surface area (Å²) in [6.07, 6.45) is 4.01. The summed E-state index contributed by atoms with van der Waals surface area (Å²) in [6.45, 7) is 9.41. The van der Waals surface area contributed by atoms with E-state index in [-0.39, 0.29) is 36.0 Å². The lowest BCUT2D eigenvalue weighted by Crippen LogP contribution is -2.41. The summed E-state index contributed by atoms with van der Waals surface area (Å²) in [5, 5.41) is 7.70. The standard InChI is InChI=1S/C19H31N5O2S.HI/c1-5-26-18(25)16-12(2)22-17(27-16)13(3)23-19(20-4)21-10-14-8-9-24(11-14)15-6-7-15;/h13-15H,5-11H2,1-4H3,(H2,20,21,23);1H. The summed E-state index contributed by atoms with van der Waals surface area (Å²) in [4.78, 5) is 24.1. The third-order valence-corrected chi connectivity index (χ3v) is 6.48. The van der Waals surface area contributed by atoms with Crippen molar-refractivity contribution in [2.45, 2.75) is 52.1 Å². The number of hydrogen-bond donors (Lipinski definition) is 2. The van der Waals surface area contributed by atoms with Gasteiger partial charge in [-0.15, -0.1) is 35.3 Å². The molecule has 1 saturated heterocycles. The van der Waals surface area contributed by atoms with Crippen molar-refractivity contribution in [1.82, 2.24) is 20.5 Å². The first kappa shape index (κ1) is 23.3. The molecular formula is C19H32IN5O2S. The maximum atomic E-state index is 12.0. The molecule has 2 unspecified atom stereocenters. The van der Waals surface area contributed by atoms with Crippen LogP contribution in [-0.2, 0) is 4.74 Å². The van der Waals surface area contributed by atoms with E-state index in [2.05, 4.69) is 25.5 Å². The highest BCUT2D eigenvalue weighted by Gasteiger charge is 2.34. The largest absolute Gasteiger partial charge is 0.462 e. The minimum Gasteiger partial charge on any atom is -0.462 e. The van der Waals surface area contributed by atoms with Gasteiger partial charge < -0.3 is 20.3 Å². The summed E-state index contributed by atoms with van der Waals surface area (Å²) in [5.41, 5.74) is 0.719. The Morgan fingerprint density at radius 3 is 2.82 bits per heavy atom. The van der Waals surface area contributed by atoms with Crippen LogP contribution in [0.25, 0.3) is 0 Å². The first-order valence-corrected chi connectivity index (χ1v) is 10.7. The molecule has 0 amide bonds. The van der Waals surface area contributed by atoms with Crippen LogP contribution in [-0.4, -0.2) is 61.1 Å². The third kappa shape index (κ3) is 6.03. The fourth-order valence-corrected chi connectivity index (χ4v) is 4.45. The van der Waals surface area contributed by atoms with Gasteiger partial charge in [-0.3, -0.25) is 4.99 Å². The van der Waals surface area contributed by atoms with Gasteiger partial charge in [0.05, 0.1) is 18.3 Å². The highest BCUT2D eigenvalue weighted by atomic mass is 127. The molecule has 9 heteroatoms. The molecule has 0 aromatic carbocycles. The van der Waals surface area contributed by atoms with Crippen molar-refractivity contribution in [2.75, 3.05) is 33.3 Å². The number of carbonyl (C=O) groups excluding carboxylic acids is 1. The lowest BCUT2D eigenvalue weighted by Gasteiger charge is -2.19. The van der Waals surface area contributed by atoms with Gasteiger partial charge in [0.15, 0.2) is 5.96 Å². The molecule has 28 heavy (non-hydrogen) atoms. The maximum absolute atomic E-state index is 12.0. The lowest BCUT2D eigenvalue weighted by molar-refractivity contribution is 0.0531. The number of aliphatic imine (C=N–C) groups is 1. The average Bonchev–Trinajstić information content (AvgIpc) is 3.26. The SMILES string of the molecule is CCOC(=O)c1sc(C(C)NC(=NC)NCC2CCN(C3CC3)C2)nc1C.I. The van der Waals surface area contributed by atoms with Crippen LogP contribution in [0.4, 0.5) is 0 Å². The van der Waals surface area contributed by atoms with Gasteiger partial charge in [0.2, 0.25) is 0 Å². The highest BCUT2D eigenvalue weighted by molar-refractivity contribution is 14.0. The van der Waals surface area contributed by atoms with Crippen LogP contribution in [0.2, 0.25) is 0 Å². The number of nitrogens with zero attached hydrogens (tertiary/aromatic N) is 3. The molecule has 3 rings (SSSR count). The molecule has 2 aliphatic rings. The second-order valence-electron chi connectivity index (χ2n) is 7.39. The van der Waals surface area contributed by atoms with Crippen LogP contribution in [0.3, 0.4) is 0 Å². The minimum atomic E-state index is -0.296. The Morgan fingerprint density at radius 2 is 2.18 bits per heavy atom. The summed E-state index contributed by atoms with van der Waals surface area (Å²) in [5.74, 6) is 1.16. The van der Waals surface area contributed by atoms with E-state index in [4.69, 9.17) is 4.74 Å². The number of aromatic nitrogens is 1. The van der Waals surface area contributed by atoms with Crippen molar-refractivity contribution in [3.63, 3.8) is 0 Å². The average molecular weight is 521 g/mol. The Kier molecular flexibility index (Phi) is 8.94. The number of ether oxygens (including phenoxy) is 1. The normalized spacial score (nSPS) is 21.1. The quantitative estimate of drug-likeness (QED) is 0.249. The Labute approximate surface area is 188 Å². The molecule has 0 radical (unpaired) electrons. The predicted octanol–water partition coefficient (Wildman–Crippen LogP) is 2.96. The number of likely N-dealkylation sites (tertiary alicyclic amines) is 1. The molecule has 2 N–H and O–H groups in total. The fraction of sp³-hybridized carbons (Fsp3) is 0.737. The van der Waals surface area contributed by atoms with E-state index < -0.39 is 0 Å². The lowest BCUT2D eigenvalue weighted by atomic mass is 10.1. The smallest absolute Gasteiger partial charge is 0.350 e. The zero-order chi connectivity index (χ0) is 19.4. The Balaban J connectivity index is 0.00000280. The van der Waals surface area contributed by atoms with Gasteiger partial charge in [0, 0.05) is 26.2 Å². The Morgan fingerprint density at radius 1 is 1.43 bits per heavy atom. The summed E-state index contributed by atoms with van der Waals surface area (Å²) < 4.78 is 5.10. The summed E-state index contributed by atoms with van der Waals surface area (Å²) in [6, 6.07) is 0.823. The van der Waals surface area contributed by atoms with Crippen LogP contribution in [0.15, 0.2) is 4.99 Å². The molecule has 0 spiro atoms. The van der Waals surface area contributed by atoms with Crippen LogP contribution >= 0.6 is 35.3 Å². The fourth-order valence-electron chi connectivity index (χ4n) is 3.49. The number of guanidine groups is 1. The topological polar surface area (TPSA) is 78.8 Å². The number of esters is 1. The molecular weight excluding hydrogens is 489 g/mol. The number of nitrogens with one attached hydrogen (secondary N) is 2. The van der Waals surface area contributed by atoms with Crippen molar-refractivity contribution in [1.29, 1.82) is 0 Å². The van der Waals surface area contributed by atoms with Gasteiger partial charge in [-0.1, -0.05) is 0 Å². The van der Waals surface area contributed by atoms with E-state index in [1.807, 2.05) is 20.8 Å². The zero-order valence-corrected chi connectivity index (χ0v) is 20.3. The number of carbonyl (C=O) groups is 1. The molecule has 2 atom stereocenters. The van der Waals surface area contributed by atoms with Gasteiger partial charge in [-0.2, -0.15) is 0 Å². The molecule has 0 bridgehead atoms. The van der Waals surface area contributed by atoms with Crippen molar-refractivity contribution < 1.29 is 9.53 Å². The second-order valence-corrected chi connectivity index (χ2v) is 8.42. The predicted molar refractivity (Wildman–Crippen MR) is 124 cm³/mol. The van der Waals surface area contributed by atoms with Gasteiger partial charge in [0.1, 0.15) is 9.88 Å². The van der Waals surface area contributed by atoms with Gasteiger partial charge in [0.25, 0.3) is 0 Å². The number of hydrogen-bond acceptors (Lipinski definition) is 6. The van der Waals surface area contributed by atoms with E-state index in [0.29, 0.717) is 17.4 Å². The molecule has 1 aliphatic carbocycles. The van der Waals surface area contributed by atoms with Crippen molar-refractivity contribution in [3.05, 3.63) is 15.6 Å². The van der Waals surface area contributed by atoms with E-state index >= 15 is 0 Å². The first-order valence-electron chi connectivity index (χ1n) is 9.87.